The van der Waals surface area contributed by atoms with E-state index in [2.05, 4.69) is 12.2 Å². The van der Waals surface area contributed by atoms with Gasteiger partial charge in [-0.15, -0.1) is 0 Å². The Morgan fingerprint density at radius 2 is 1.65 bits per heavy atom. The third-order valence-electron chi connectivity index (χ3n) is 4.04. The van der Waals surface area contributed by atoms with Crippen molar-refractivity contribution in [2.45, 2.75) is 32.7 Å². The summed E-state index contributed by atoms with van der Waals surface area (Å²) in [6.45, 7) is 3.83. The van der Waals surface area contributed by atoms with E-state index in [1.54, 1.807) is 31.2 Å². The molecule has 0 heterocycles. The molecule has 2 aromatic carbocycles. The van der Waals surface area contributed by atoms with E-state index in [-0.39, 0.29) is 5.91 Å². The Hall–Kier alpha value is -2.05. The van der Waals surface area contributed by atoms with Crippen LogP contribution in [0, 0.1) is 0 Å². The van der Waals surface area contributed by atoms with Crippen molar-refractivity contribution in [1.82, 2.24) is 0 Å². The molecule has 0 spiro atoms. The fourth-order valence-corrected chi connectivity index (χ4v) is 4.04. The summed E-state index contributed by atoms with van der Waals surface area (Å²) in [5.74, 6) is -0.378. The van der Waals surface area contributed by atoms with Crippen LogP contribution in [0.1, 0.15) is 25.8 Å². The summed E-state index contributed by atoms with van der Waals surface area (Å²) in [7, 11) is -3.66. The van der Waals surface area contributed by atoms with Gasteiger partial charge in [-0.25, -0.2) is 8.42 Å². The molecule has 0 aromatic heterocycles. The highest BCUT2D eigenvalue weighted by Gasteiger charge is 2.31. The molecule has 0 saturated carbocycles. The average molecular weight is 395 g/mol. The number of anilines is 2. The standard InChI is InChI=1S/C19H23ClN2O3S/c1-4-14-6-10-16(11-7-14)21-19(23)18(5-2)22(26(3,24)25)17-12-8-15(20)9-13-17/h6-13,18H,4-5H2,1-3H3,(H,21,23)/t18-/m0/s1. The number of benzene rings is 2. The van der Waals surface area contributed by atoms with Gasteiger partial charge in [0.25, 0.3) is 0 Å². The molecule has 2 rings (SSSR count). The van der Waals surface area contributed by atoms with E-state index in [9.17, 15) is 13.2 Å². The minimum Gasteiger partial charge on any atom is -0.324 e. The van der Waals surface area contributed by atoms with E-state index in [4.69, 9.17) is 11.6 Å². The van der Waals surface area contributed by atoms with Crippen LogP contribution < -0.4 is 9.62 Å². The first-order chi connectivity index (χ1) is 12.3. The van der Waals surface area contributed by atoms with Gasteiger partial charge in [-0.3, -0.25) is 9.10 Å². The highest BCUT2D eigenvalue weighted by Crippen LogP contribution is 2.25. The Morgan fingerprint density at radius 3 is 2.12 bits per heavy atom. The van der Waals surface area contributed by atoms with Crippen molar-refractivity contribution < 1.29 is 13.2 Å². The van der Waals surface area contributed by atoms with Gasteiger partial charge in [0.15, 0.2) is 0 Å². The third-order valence-corrected chi connectivity index (χ3v) is 5.47. The minimum atomic E-state index is -3.66. The van der Waals surface area contributed by atoms with E-state index in [0.717, 1.165) is 22.5 Å². The van der Waals surface area contributed by atoms with E-state index >= 15 is 0 Å². The van der Waals surface area contributed by atoms with Crippen LogP contribution >= 0.6 is 11.6 Å². The molecule has 1 atom stereocenters. The molecule has 2 aromatic rings. The molecular formula is C19H23ClN2O3S. The summed E-state index contributed by atoms with van der Waals surface area (Å²) in [6.07, 6.45) is 2.33. The predicted octanol–water partition coefficient (Wildman–Crippen LogP) is 4.09. The van der Waals surface area contributed by atoms with Gasteiger partial charge >= 0.3 is 0 Å². The van der Waals surface area contributed by atoms with Crippen molar-refractivity contribution in [2.75, 3.05) is 15.9 Å². The second-order valence-corrected chi connectivity index (χ2v) is 8.29. The molecule has 5 nitrogen and oxygen atoms in total. The lowest BCUT2D eigenvalue weighted by Crippen LogP contribution is -2.46. The molecule has 0 aliphatic rings. The topological polar surface area (TPSA) is 66.5 Å². The smallest absolute Gasteiger partial charge is 0.248 e. The van der Waals surface area contributed by atoms with Gasteiger partial charge in [0.1, 0.15) is 6.04 Å². The van der Waals surface area contributed by atoms with Gasteiger partial charge < -0.3 is 5.32 Å². The number of amides is 1. The molecule has 1 amide bonds. The fourth-order valence-electron chi connectivity index (χ4n) is 2.70. The first kappa shape index (κ1) is 20.3. The Balaban J connectivity index is 2.31. The maximum absolute atomic E-state index is 12.8. The zero-order valence-corrected chi connectivity index (χ0v) is 16.6. The number of hydrogen-bond acceptors (Lipinski definition) is 3. The van der Waals surface area contributed by atoms with Crippen LogP contribution in [0.15, 0.2) is 48.5 Å². The highest BCUT2D eigenvalue weighted by atomic mass is 35.5. The van der Waals surface area contributed by atoms with Crippen molar-refractivity contribution >= 4 is 38.9 Å². The normalized spacial score (nSPS) is 12.5. The van der Waals surface area contributed by atoms with Gasteiger partial charge in [0, 0.05) is 10.7 Å². The van der Waals surface area contributed by atoms with Crippen LogP contribution in [0.2, 0.25) is 5.02 Å². The van der Waals surface area contributed by atoms with E-state index in [1.807, 2.05) is 24.3 Å². The first-order valence-electron chi connectivity index (χ1n) is 8.41. The lowest BCUT2D eigenvalue weighted by molar-refractivity contribution is -0.117. The predicted molar refractivity (Wildman–Crippen MR) is 107 cm³/mol. The van der Waals surface area contributed by atoms with E-state index in [1.165, 1.54) is 0 Å². The number of carbonyl (C=O) groups is 1. The Morgan fingerprint density at radius 1 is 1.08 bits per heavy atom. The zero-order chi connectivity index (χ0) is 19.3. The number of nitrogens with one attached hydrogen (secondary N) is 1. The van der Waals surface area contributed by atoms with Crippen molar-refractivity contribution in [3.8, 4) is 0 Å². The van der Waals surface area contributed by atoms with Crippen LogP contribution in [0.25, 0.3) is 0 Å². The Bertz CT molecular complexity index is 849. The van der Waals surface area contributed by atoms with Gasteiger partial charge in [0.05, 0.1) is 11.9 Å². The molecule has 0 aliphatic carbocycles. The maximum Gasteiger partial charge on any atom is 0.248 e. The van der Waals surface area contributed by atoms with Crippen molar-refractivity contribution in [1.29, 1.82) is 0 Å². The molecule has 0 aliphatic heterocycles. The molecule has 140 valence electrons. The highest BCUT2D eigenvalue weighted by molar-refractivity contribution is 7.92. The SMILES string of the molecule is CCc1ccc(NC(=O)[C@H](CC)N(c2ccc(Cl)cc2)S(C)(=O)=O)cc1. The fraction of sp³-hybridized carbons (Fsp3) is 0.316. The quantitative estimate of drug-likeness (QED) is 0.769. The van der Waals surface area contributed by atoms with Crippen LogP contribution in [-0.2, 0) is 21.2 Å². The van der Waals surface area contributed by atoms with Gasteiger partial charge in [-0.05, 0) is 54.8 Å². The van der Waals surface area contributed by atoms with Crippen LogP contribution in [0.5, 0.6) is 0 Å². The number of aryl methyl sites for hydroxylation is 1. The first-order valence-corrected chi connectivity index (χ1v) is 10.6. The average Bonchev–Trinajstić information content (AvgIpc) is 2.60. The number of sulfonamides is 1. The molecule has 0 radical (unpaired) electrons. The number of nitrogens with zero attached hydrogens (tertiary/aromatic N) is 1. The van der Waals surface area contributed by atoms with Crippen LogP contribution in [0.3, 0.4) is 0 Å². The molecule has 1 N–H and O–H groups in total. The van der Waals surface area contributed by atoms with Gasteiger partial charge in [0.2, 0.25) is 15.9 Å². The minimum absolute atomic E-state index is 0.328. The van der Waals surface area contributed by atoms with E-state index < -0.39 is 16.1 Å². The molecule has 0 bridgehead atoms. The van der Waals surface area contributed by atoms with Crippen LogP contribution in [0.4, 0.5) is 11.4 Å². The summed E-state index contributed by atoms with van der Waals surface area (Å²) >= 11 is 5.89. The Labute approximate surface area is 160 Å². The Kier molecular flexibility index (Phi) is 6.67. The molecule has 0 fully saturated rings. The number of hydrogen-bond donors (Lipinski definition) is 1. The maximum atomic E-state index is 12.8. The summed E-state index contributed by atoms with van der Waals surface area (Å²) in [5, 5.41) is 3.30. The van der Waals surface area contributed by atoms with Crippen molar-refractivity contribution in [3.63, 3.8) is 0 Å². The summed E-state index contributed by atoms with van der Waals surface area (Å²) in [4.78, 5) is 12.8. The second kappa shape index (κ2) is 8.56. The van der Waals surface area contributed by atoms with Gasteiger partial charge in [-0.1, -0.05) is 37.6 Å². The monoisotopic (exact) mass is 394 g/mol. The largest absolute Gasteiger partial charge is 0.324 e. The van der Waals surface area contributed by atoms with Crippen LogP contribution in [-0.4, -0.2) is 26.6 Å². The molecule has 7 heteroatoms. The summed E-state index contributed by atoms with van der Waals surface area (Å²) in [5.41, 5.74) is 2.20. The summed E-state index contributed by atoms with van der Waals surface area (Å²) < 4.78 is 25.9. The zero-order valence-electron chi connectivity index (χ0n) is 15.1. The number of halogens is 1. The molecule has 0 unspecified atom stereocenters. The lowest BCUT2D eigenvalue weighted by atomic mass is 10.1. The summed E-state index contributed by atoms with van der Waals surface area (Å²) in [6, 6.07) is 13.0. The number of carbonyl (C=O) groups excluding carboxylic acids is 1. The molecular weight excluding hydrogens is 372 g/mol. The second-order valence-electron chi connectivity index (χ2n) is 6.00. The number of rotatable bonds is 7. The van der Waals surface area contributed by atoms with Gasteiger partial charge in [-0.2, -0.15) is 0 Å². The lowest BCUT2D eigenvalue weighted by Gasteiger charge is -2.30. The third kappa shape index (κ3) is 4.99. The van der Waals surface area contributed by atoms with E-state index in [0.29, 0.717) is 22.8 Å². The van der Waals surface area contributed by atoms with Crippen molar-refractivity contribution in [3.05, 3.63) is 59.1 Å². The molecule has 0 saturated heterocycles. The van der Waals surface area contributed by atoms with Crippen molar-refractivity contribution in [2.24, 2.45) is 0 Å². The molecule has 26 heavy (non-hydrogen) atoms.